The topological polar surface area (TPSA) is 102 Å². The van der Waals surface area contributed by atoms with Gasteiger partial charge in [-0.1, -0.05) is 6.08 Å². The Balaban J connectivity index is 0. The molecule has 0 radical (unpaired) electrons. The van der Waals surface area contributed by atoms with Gasteiger partial charge in [0.05, 0.1) is 0 Å². The highest BCUT2D eigenvalue weighted by Gasteiger charge is 1.85. The van der Waals surface area contributed by atoms with Crippen LogP contribution in [-0.2, 0) is 4.84 Å². The second-order valence-electron chi connectivity index (χ2n) is 0.890. The third-order valence-corrected chi connectivity index (χ3v) is 0.298. The van der Waals surface area contributed by atoms with Gasteiger partial charge in [-0.3, -0.25) is 0 Å². The number of hydrogen-bond acceptors (Lipinski definition) is 5. The van der Waals surface area contributed by atoms with Crippen LogP contribution in [0.25, 0.3) is 0 Å². The summed E-state index contributed by atoms with van der Waals surface area (Å²) in [6.45, 7) is 3.17. The first kappa shape index (κ1) is 11.2. The summed E-state index contributed by atoms with van der Waals surface area (Å²) in [5.41, 5.74) is 0. The minimum atomic E-state index is -0.859. The first-order valence-corrected chi connectivity index (χ1v) is 2.04. The molecular formula is C3H6N2O5. The van der Waals surface area contributed by atoms with Gasteiger partial charge in [-0.2, -0.15) is 0 Å². The number of nitrogens with zero attached hydrogens (tertiary/aromatic N) is 2. The fourth-order valence-electron chi connectivity index (χ4n) is 0.114. The van der Waals surface area contributed by atoms with E-state index in [2.05, 4.69) is 11.4 Å². The molecule has 0 aliphatic heterocycles. The van der Waals surface area contributed by atoms with Crippen molar-refractivity contribution in [3.8, 4) is 0 Å². The molecule has 58 valence electrons. The Morgan fingerprint density at radius 1 is 1.90 bits per heavy atom. The fourth-order valence-corrected chi connectivity index (χ4v) is 0.114. The Bertz CT molecular complexity index is 113. The lowest BCUT2D eigenvalue weighted by molar-refractivity contribution is -0.755. The van der Waals surface area contributed by atoms with E-state index in [0.717, 1.165) is 0 Å². The maximum absolute atomic E-state index is 9.29. The van der Waals surface area contributed by atoms with Crippen LogP contribution in [0.5, 0.6) is 0 Å². The van der Waals surface area contributed by atoms with Crippen LogP contribution in [0.1, 0.15) is 0 Å². The zero-order valence-corrected chi connectivity index (χ0v) is 4.97. The second-order valence-corrected chi connectivity index (χ2v) is 0.890. The zero-order chi connectivity index (χ0) is 8.41. The molecule has 0 aliphatic rings. The summed E-state index contributed by atoms with van der Waals surface area (Å²) in [5.74, 6) is 0. The normalized spacial score (nSPS) is 6.40. The molecule has 10 heavy (non-hydrogen) atoms. The second kappa shape index (κ2) is 10.3. The van der Waals surface area contributed by atoms with Crippen LogP contribution < -0.4 is 0 Å². The monoisotopic (exact) mass is 150 g/mol. The molecule has 0 saturated carbocycles. The Hall–Kier alpha value is -1.66. The quantitative estimate of drug-likeness (QED) is 0.273. The molecule has 1 N–H and O–H groups in total. The predicted molar refractivity (Wildman–Crippen MR) is 30.7 cm³/mol. The van der Waals surface area contributed by atoms with Crippen LogP contribution >= 0.6 is 0 Å². The molecule has 0 spiro atoms. The van der Waals surface area contributed by atoms with Crippen LogP contribution in [0.2, 0.25) is 0 Å². The van der Waals surface area contributed by atoms with Gasteiger partial charge in [-0.05, 0) is 0 Å². The van der Waals surface area contributed by atoms with Crippen molar-refractivity contribution in [2.24, 2.45) is 5.34 Å². The molecule has 0 bridgehead atoms. The van der Waals surface area contributed by atoms with Gasteiger partial charge in [0.1, 0.15) is 6.61 Å². The lowest BCUT2D eigenvalue weighted by atomic mass is 10.7. The molecule has 0 unspecified atom stereocenters. The molecule has 7 nitrogen and oxygen atoms in total. The van der Waals surface area contributed by atoms with Crippen LogP contribution in [0.4, 0.5) is 0 Å². The van der Waals surface area contributed by atoms with E-state index in [1.807, 2.05) is 0 Å². The molecule has 0 aliphatic carbocycles. The van der Waals surface area contributed by atoms with Gasteiger partial charge in [0.2, 0.25) is 0 Å². The van der Waals surface area contributed by atoms with E-state index in [-0.39, 0.29) is 6.61 Å². The Kier molecular flexibility index (Phi) is 11.6. The molecule has 0 amide bonds. The average molecular weight is 150 g/mol. The maximum atomic E-state index is 9.29. The van der Waals surface area contributed by atoms with E-state index in [1.165, 1.54) is 11.4 Å². The van der Waals surface area contributed by atoms with E-state index >= 15 is 0 Å². The number of rotatable bonds is 3. The largest absolute Gasteiger partial charge is 0.379 e. The SMILES string of the molecule is C=CCO[N+](=O)[O-].O=NO. The summed E-state index contributed by atoms with van der Waals surface area (Å²) in [7, 11) is 0. The van der Waals surface area contributed by atoms with Gasteiger partial charge < -0.3 is 10.0 Å². The van der Waals surface area contributed by atoms with Gasteiger partial charge >= 0.3 is 0 Å². The lowest BCUT2D eigenvalue weighted by Gasteiger charge is -1.85. The third kappa shape index (κ3) is 33.0. The van der Waals surface area contributed by atoms with Crippen molar-refractivity contribution >= 4 is 0 Å². The summed E-state index contributed by atoms with van der Waals surface area (Å²) in [6.07, 6.45) is 1.31. The van der Waals surface area contributed by atoms with Gasteiger partial charge in [0, 0.05) is 0 Å². The highest BCUT2D eigenvalue weighted by Crippen LogP contribution is 1.71. The van der Waals surface area contributed by atoms with Crippen molar-refractivity contribution in [3.05, 3.63) is 27.7 Å². The molecule has 0 atom stereocenters. The van der Waals surface area contributed by atoms with Gasteiger partial charge in [-0.15, -0.1) is 21.6 Å². The first-order valence-electron chi connectivity index (χ1n) is 2.04. The molecular weight excluding hydrogens is 144 g/mol. The molecule has 7 heteroatoms. The molecule has 0 fully saturated rings. The fraction of sp³-hybridized carbons (Fsp3) is 0.333. The van der Waals surface area contributed by atoms with E-state index in [9.17, 15) is 10.1 Å². The average Bonchev–Trinajstić information content (AvgIpc) is 1.85. The predicted octanol–water partition coefficient (Wildman–Crippen LogP) is 0.523. The van der Waals surface area contributed by atoms with Crippen molar-refractivity contribution in [2.45, 2.75) is 0 Å². The van der Waals surface area contributed by atoms with Crippen molar-refractivity contribution < 1.29 is 15.1 Å². The smallest absolute Gasteiger partial charge is 0.294 e. The summed E-state index contributed by atoms with van der Waals surface area (Å²) in [5, 5.41) is 16.3. The van der Waals surface area contributed by atoms with E-state index in [4.69, 9.17) is 10.1 Å². The number of hydrogen-bond donors (Lipinski definition) is 1. The molecule has 0 saturated heterocycles. The summed E-state index contributed by atoms with van der Waals surface area (Å²) in [6, 6.07) is 0. The Morgan fingerprint density at radius 3 is 2.40 bits per heavy atom. The first-order chi connectivity index (χ1) is 4.68. The molecule has 0 rings (SSSR count). The van der Waals surface area contributed by atoms with Crippen molar-refractivity contribution in [2.75, 3.05) is 6.61 Å². The molecule has 0 aromatic carbocycles. The minimum absolute atomic E-state index is 0.0347. The minimum Gasteiger partial charge on any atom is -0.379 e. The standard InChI is InChI=1S/C3H5NO3.HNO2/c1-2-3-7-4(5)6;2-1-3/h2H,1,3H2;(H,2,3). The van der Waals surface area contributed by atoms with Gasteiger partial charge in [-0.25, -0.2) is 0 Å². The van der Waals surface area contributed by atoms with Gasteiger partial charge in [0.25, 0.3) is 5.09 Å². The van der Waals surface area contributed by atoms with E-state index < -0.39 is 5.09 Å². The van der Waals surface area contributed by atoms with Crippen LogP contribution in [0.15, 0.2) is 18.0 Å². The van der Waals surface area contributed by atoms with E-state index in [1.54, 1.807) is 0 Å². The van der Waals surface area contributed by atoms with Crippen LogP contribution in [-0.4, -0.2) is 16.9 Å². The lowest BCUT2D eigenvalue weighted by Crippen LogP contribution is -1.98. The van der Waals surface area contributed by atoms with Crippen LogP contribution in [0.3, 0.4) is 0 Å². The Morgan fingerprint density at radius 2 is 2.30 bits per heavy atom. The Labute approximate surface area is 55.9 Å². The van der Waals surface area contributed by atoms with Gasteiger partial charge in [0.15, 0.2) is 5.34 Å². The van der Waals surface area contributed by atoms with E-state index in [0.29, 0.717) is 0 Å². The summed E-state index contributed by atoms with van der Waals surface area (Å²) in [4.78, 5) is 21.2. The highest BCUT2D eigenvalue weighted by atomic mass is 16.9. The van der Waals surface area contributed by atoms with Crippen molar-refractivity contribution in [1.82, 2.24) is 0 Å². The van der Waals surface area contributed by atoms with Crippen molar-refractivity contribution in [3.63, 3.8) is 0 Å². The van der Waals surface area contributed by atoms with Crippen molar-refractivity contribution in [1.29, 1.82) is 0 Å². The highest BCUT2D eigenvalue weighted by molar-refractivity contribution is 4.61. The summed E-state index contributed by atoms with van der Waals surface area (Å²) >= 11 is 0. The van der Waals surface area contributed by atoms with Crippen LogP contribution in [0, 0.1) is 15.0 Å². The molecule has 0 heterocycles. The molecule has 0 aromatic heterocycles. The third-order valence-electron chi connectivity index (χ3n) is 0.298. The zero-order valence-electron chi connectivity index (χ0n) is 4.97. The summed E-state index contributed by atoms with van der Waals surface area (Å²) < 4.78 is 0. The maximum Gasteiger partial charge on any atom is 0.294 e. The molecule has 0 aromatic rings.